The Labute approximate surface area is 157 Å². The van der Waals surface area contributed by atoms with E-state index < -0.39 is 0 Å². The van der Waals surface area contributed by atoms with E-state index in [2.05, 4.69) is 53.5 Å². The average molecular weight is 354 g/mol. The highest BCUT2D eigenvalue weighted by atomic mass is 16.5. The Morgan fingerprint density at radius 2 is 1.88 bits per heavy atom. The maximum atomic E-state index is 5.70. The van der Waals surface area contributed by atoms with Crippen LogP contribution in [0.1, 0.15) is 36.1 Å². The molecule has 1 heterocycles. The standard InChI is InChI=1S/C22H30N2O2/c1-4-26-20-10-9-19(16-21(20)25-3)22(18-8-5-7-17(2)15-18)24-13-6-11-23-12-14-24/h5,7-10,15-16,22-23H,4,6,11-14H2,1-3H3. The van der Waals surface area contributed by atoms with Crippen molar-refractivity contribution in [1.82, 2.24) is 10.2 Å². The Morgan fingerprint density at radius 3 is 2.65 bits per heavy atom. The van der Waals surface area contributed by atoms with Crippen molar-refractivity contribution >= 4 is 0 Å². The molecule has 140 valence electrons. The monoisotopic (exact) mass is 354 g/mol. The fourth-order valence-electron chi connectivity index (χ4n) is 3.71. The van der Waals surface area contributed by atoms with Gasteiger partial charge in [-0.05, 0) is 50.1 Å². The summed E-state index contributed by atoms with van der Waals surface area (Å²) in [5.41, 5.74) is 3.87. The molecule has 1 aliphatic heterocycles. The molecule has 0 saturated carbocycles. The van der Waals surface area contributed by atoms with Gasteiger partial charge in [-0.2, -0.15) is 0 Å². The highest BCUT2D eigenvalue weighted by Crippen LogP contribution is 2.35. The summed E-state index contributed by atoms with van der Waals surface area (Å²) in [7, 11) is 1.71. The molecule has 26 heavy (non-hydrogen) atoms. The summed E-state index contributed by atoms with van der Waals surface area (Å²) in [6.07, 6.45) is 1.16. The predicted octanol–water partition coefficient (Wildman–Crippen LogP) is 3.79. The van der Waals surface area contributed by atoms with Crippen LogP contribution in [-0.2, 0) is 0 Å². The predicted molar refractivity (Wildman–Crippen MR) is 106 cm³/mol. The fourth-order valence-corrected chi connectivity index (χ4v) is 3.71. The van der Waals surface area contributed by atoms with Crippen LogP contribution in [0, 0.1) is 6.92 Å². The molecule has 4 heteroatoms. The summed E-state index contributed by atoms with van der Waals surface area (Å²) in [5.74, 6) is 1.61. The fraction of sp³-hybridized carbons (Fsp3) is 0.455. The molecule has 0 aromatic heterocycles. The van der Waals surface area contributed by atoms with E-state index in [1.807, 2.05) is 13.0 Å². The number of methoxy groups -OCH3 is 1. The van der Waals surface area contributed by atoms with Crippen molar-refractivity contribution in [3.05, 3.63) is 59.2 Å². The molecule has 0 radical (unpaired) electrons. The number of nitrogens with zero attached hydrogens (tertiary/aromatic N) is 1. The van der Waals surface area contributed by atoms with E-state index in [0.717, 1.165) is 44.1 Å². The van der Waals surface area contributed by atoms with E-state index in [-0.39, 0.29) is 6.04 Å². The number of hydrogen-bond donors (Lipinski definition) is 1. The molecule has 0 spiro atoms. The minimum absolute atomic E-state index is 0.222. The molecule has 1 unspecified atom stereocenters. The van der Waals surface area contributed by atoms with Gasteiger partial charge in [-0.25, -0.2) is 0 Å². The van der Waals surface area contributed by atoms with Crippen LogP contribution in [0.15, 0.2) is 42.5 Å². The van der Waals surface area contributed by atoms with Crippen LogP contribution in [0.5, 0.6) is 11.5 Å². The Bertz CT molecular complexity index is 709. The number of nitrogens with one attached hydrogen (secondary N) is 1. The third-order valence-corrected chi connectivity index (χ3v) is 4.90. The third kappa shape index (κ3) is 4.37. The minimum Gasteiger partial charge on any atom is -0.493 e. The van der Waals surface area contributed by atoms with E-state index >= 15 is 0 Å². The molecule has 2 aromatic carbocycles. The van der Waals surface area contributed by atoms with Crippen molar-refractivity contribution in [2.75, 3.05) is 39.9 Å². The molecule has 2 aromatic rings. The number of benzene rings is 2. The second kappa shape index (κ2) is 9.06. The average Bonchev–Trinajstić information content (AvgIpc) is 2.93. The summed E-state index contributed by atoms with van der Waals surface area (Å²) in [6.45, 7) is 9.01. The zero-order valence-electron chi connectivity index (χ0n) is 16.1. The van der Waals surface area contributed by atoms with Crippen molar-refractivity contribution < 1.29 is 9.47 Å². The van der Waals surface area contributed by atoms with Gasteiger partial charge in [-0.1, -0.05) is 35.9 Å². The van der Waals surface area contributed by atoms with E-state index in [0.29, 0.717) is 6.61 Å². The second-order valence-corrected chi connectivity index (χ2v) is 6.80. The molecule has 1 atom stereocenters. The Balaban J connectivity index is 2.02. The molecule has 1 fully saturated rings. The quantitative estimate of drug-likeness (QED) is 0.856. The minimum atomic E-state index is 0.222. The molecule has 1 N–H and O–H groups in total. The van der Waals surface area contributed by atoms with Crippen LogP contribution >= 0.6 is 0 Å². The van der Waals surface area contributed by atoms with E-state index in [1.54, 1.807) is 7.11 Å². The largest absolute Gasteiger partial charge is 0.493 e. The summed E-state index contributed by atoms with van der Waals surface area (Å²) in [6, 6.07) is 15.4. The maximum absolute atomic E-state index is 5.70. The van der Waals surface area contributed by atoms with Gasteiger partial charge in [-0.15, -0.1) is 0 Å². The van der Waals surface area contributed by atoms with Crippen LogP contribution in [0.25, 0.3) is 0 Å². The lowest BCUT2D eigenvalue weighted by Crippen LogP contribution is -2.33. The van der Waals surface area contributed by atoms with Crippen molar-refractivity contribution in [3.63, 3.8) is 0 Å². The van der Waals surface area contributed by atoms with Crippen LogP contribution < -0.4 is 14.8 Å². The molecule has 0 aliphatic carbocycles. The zero-order chi connectivity index (χ0) is 18.4. The first kappa shape index (κ1) is 18.7. The Morgan fingerprint density at radius 1 is 1.04 bits per heavy atom. The molecule has 1 saturated heterocycles. The lowest BCUT2D eigenvalue weighted by Gasteiger charge is -2.32. The van der Waals surface area contributed by atoms with Crippen molar-refractivity contribution in [1.29, 1.82) is 0 Å². The first-order valence-electron chi connectivity index (χ1n) is 9.55. The first-order valence-corrected chi connectivity index (χ1v) is 9.55. The first-order chi connectivity index (χ1) is 12.7. The van der Waals surface area contributed by atoms with E-state index in [1.165, 1.54) is 16.7 Å². The van der Waals surface area contributed by atoms with Crippen molar-refractivity contribution in [3.8, 4) is 11.5 Å². The van der Waals surface area contributed by atoms with Gasteiger partial charge < -0.3 is 14.8 Å². The number of aryl methyl sites for hydroxylation is 1. The highest BCUT2D eigenvalue weighted by molar-refractivity contribution is 5.46. The molecular formula is C22H30N2O2. The molecular weight excluding hydrogens is 324 g/mol. The Kier molecular flexibility index (Phi) is 6.53. The van der Waals surface area contributed by atoms with Crippen LogP contribution in [0.3, 0.4) is 0 Å². The smallest absolute Gasteiger partial charge is 0.161 e. The highest BCUT2D eigenvalue weighted by Gasteiger charge is 2.24. The summed E-state index contributed by atoms with van der Waals surface area (Å²) < 4.78 is 11.3. The van der Waals surface area contributed by atoms with Gasteiger partial charge in [0.15, 0.2) is 11.5 Å². The lowest BCUT2D eigenvalue weighted by atomic mass is 9.95. The molecule has 1 aliphatic rings. The SMILES string of the molecule is CCOc1ccc(C(c2cccc(C)c2)N2CCCNCC2)cc1OC. The van der Waals surface area contributed by atoms with Gasteiger partial charge in [0.25, 0.3) is 0 Å². The van der Waals surface area contributed by atoms with Crippen LogP contribution in [0.2, 0.25) is 0 Å². The second-order valence-electron chi connectivity index (χ2n) is 6.80. The summed E-state index contributed by atoms with van der Waals surface area (Å²) >= 11 is 0. The van der Waals surface area contributed by atoms with Crippen LogP contribution in [0.4, 0.5) is 0 Å². The van der Waals surface area contributed by atoms with Crippen LogP contribution in [-0.4, -0.2) is 44.8 Å². The van der Waals surface area contributed by atoms with Gasteiger partial charge in [0.1, 0.15) is 0 Å². The molecule has 3 rings (SSSR count). The molecule has 0 amide bonds. The molecule has 4 nitrogen and oxygen atoms in total. The van der Waals surface area contributed by atoms with E-state index in [9.17, 15) is 0 Å². The van der Waals surface area contributed by atoms with Gasteiger partial charge >= 0.3 is 0 Å². The lowest BCUT2D eigenvalue weighted by molar-refractivity contribution is 0.240. The summed E-state index contributed by atoms with van der Waals surface area (Å²) in [5, 5.41) is 3.51. The van der Waals surface area contributed by atoms with Gasteiger partial charge in [0.05, 0.1) is 19.8 Å². The van der Waals surface area contributed by atoms with Gasteiger partial charge in [-0.3, -0.25) is 4.90 Å². The van der Waals surface area contributed by atoms with Gasteiger partial charge in [0.2, 0.25) is 0 Å². The third-order valence-electron chi connectivity index (χ3n) is 4.90. The zero-order valence-corrected chi connectivity index (χ0v) is 16.1. The molecule has 0 bridgehead atoms. The van der Waals surface area contributed by atoms with E-state index in [4.69, 9.17) is 9.47 Å². The van der Waals surface area contributed by atoms with Crippen molar-refractivity contribution in [2.45, 2.75) is 26.3 Å². The van der Waals surface area contributed by atoms with Gasteiger partial charge in [0, 0.05) is 19.6 Å². The Hall–Kier alpha value is -2.04. The number of hydrogen-bond acceptors (Lipinski definition) is 4. The summed E-state index contributed by atoms with van der Waals surface area (Å²) in [4.78, 5) is 2.57. The number of rotatable bonds is 6. The van der Waals surface area contributed by atoms with Crippen molar-refractivity contribution in [2.24, 2.45) is 0 Å². The topological polar surface area (TPSA) is 33.7 Å². The maximum Gasteiger partial charge on any atom is 0.161 e. The normalized spacial score (nSPS) is 16.7. The number of ether oxygens (including phenoxy) is 2.